The third kappa shape index (κ3) is 20.2. The smallest absolute Gasteiger partial charge is 0.119 e. The lowest BCUT2D eigenvalue weighted by Gasteiger charge is -2.60. The molecule has 4 aromatic carbocycles. The number of hydrogen-bond donors (Lipinski definition) is 3. The molecule has 6 heteroatoms. The Balaban J connectivity index is 0.000000460. The van der Waals surface area contributed by atoms with Gasteiger partial charge in [0.1, 0.15) is 17.2 Å². The first-order valence-corrected chi connectivity index (χ1v) is 43.8. The average Bonchev–Trinajstić information content (AvgIpc) is 0.768. The van der Waals surface area contributed by atoms with Crippen LogP contribution in [-0.4, -0.2) is 39.5 Å². The molecule has 0 aliphatic heterocycles. The summed E-state index contributed by atoms with van der Waals surface area (Å²) in [7, 11) is -4.60. The topological polar surface area (TPSA) is 60.7 Å². The third-order valence-corrected chi connectivity index (χ3v) is 33.3. The predicted octanol–water partition coefficient (Wildman–Crippen LogP) is 25.3. The van der Waals surface area contributed by atoms with Gasteiger partial charge in [-0.15, -0.1) is 0 Å². The number of rotatable bonds is 10. The monoisotopic (exact) mass is 1280 g/mol. The van der Waals surface area contributed by atoms with Crippen molar-refractivity contribution in [1.29, 1.82) is 0 Å². The Bertz CT molecular complexity index is 2960. The Labute approximate surface area is 557 Å². The minimum Gasteiger partial charge on any atom is -0.508 e. The highest BCUT2D eigenvalue weighted by Crippen LogP contribution is 2.65. The fraction of sp³-hybridized carbons (Fsp3) is 0.711. The van der Waals surface area contributed by atoms with Gasteiger partial charge >= 0.3 is 0 Å². The van der Waals surface area contributed by atoms with E-state index in [-0.39, 0.29) is 63.8 Å². The molecular formula is C83H146O3Si3. The lowest BCUT2D eigenvalue weighted by atomic mass is 9.68. The number of hydrogen-bond acceptors (Lipinski definition) is 3. The van der Waals surface area contributed by atoms with Crippen LogP contribution in [0.15, 0.2) is 48.5 Å². The van der Waals surface area contributed by atoms with Gasteiger partial charge in [-0.3, -0.25) is 0 Å². The zero-order valence-electron chi connectivity index (χ0n) is 66.7. The van der Waals surface area contributed by atoms with Crippen LogP contribution >= 0.6 is 0 Å². The maximum absolute atomic E-state index is 11.4. The first kappa shape index (κ1) is 82.0. The fourth-order valence-electron chi connectivity index (χ4n) is 16.5. The van der Waals surface area contributed by atoms with E-state index in [9.17, 15) is 15.3 Å². The van der Waals surface area contributed by atoms with Crippen LogP contribution in [-0.2, 0) is 68.0 Å². The molecule has 0 aliphatic rings. The predicted molar refractivity (Wildman–Crippen MR) is 410 cm³/mol. The van der Waals surface area contributed by atoms with E-state index in [0.717, 1.165) is 36.0 Å². The van der Waals surface area contributed by atoms with Gasteiger partial charge in [0.2, 0.25) is 0 Å². The molecule has 0 aliphatic carbocycles. The van der Waals surface area contributed by atoms with Crippen LogP contribution in [0.3, 0.4) is 0 Å². The zero-order valence-corrected chi connectivity index (χ0v) is 69.7. The molecule has 0 fully saturated rings. The molecule has 0 saturated heterocycles. The van der Waals surface area contributed by atoms with Crippen molar-refractivity contribution in [3.63, 3.8) is 0 Å². The number of phenols is 3. The normalized spacial score (nSPS) is 14.3. The van der Waals surface area contributed by atoms with Gasteiger partial charge in [0.05, 0.1) is 16.1 Å². The number of benzene rings is 4. The second kappa shape index (κ2) is 27.0. The molecule has 508 valence electrons. The summed E-state index contributed by atoms with van der Waals surface area (Å²) in [4.78, 5) is 0. The van der Waals surface area contributed by atoms with Crippen LogP contribution in [0, 0.1) is 0 Å². The molecule has 0 unspecified atom stereocenters. The van der Waals surface area contributed by atoms with Gasteiger partial charge < -0.3 is 15.3 Å². The molecule has 0 aromatic heterocycles. The Hall–Kier alpha value is -3.07. The molecule has 89 heavy (non-hydrogen) atoms. The van der Waals surface area contributed by atoms with Gasteiger partial charge in [0.15, 0.2) is 0 Å². The highest BCUT2D eigenvalue weighted by atomic mass is 28.3. The van der Waals surface area contributed by atoms with Gasteiger partial charge in [0.25, 0.3) is 0 Å². The number of aromatic hydroxyl groups is 3. The lowest BCUT2D eigenvalue weighted by Crippen LogP contribution is -2.58. The van der Waals surface area contributed by atoms with Crippen LogP contribution in [0.25, 0.3) is 0 Å². The van der Waals surface area contributed by atoms with Crippen LogP contribution in [0.1, 0.15) is 316 Å². The van der Waals surface area contributed by atoms with E-state index in [1.807, 2.05) is 0 Å². The highest BCUT2D eigenvalue weighted by Gasteiger charge is 2.59. The van der Waals surface area contributed by atoms with Crippen molar-refractivity contribution >= 4 is 29.4 Å². The van der Waals surface area contributed by atoms with Gasteiger partial charge in [-0.25, -0.2) is 0 Å². The Morgan fingerprint density at radius 1 is 0.281 bits per heavy atom. The van der Waals surface area contributed by atoms with Crippen molar-refractivity contribution in [3.8, 4) is 17.2 Å². The summed E-state index contributed by atoms with van der Waals surface area (Å²) in [5.74, 6) is 1.40. The van der Waals surface area contributed by atoms with Crippen molar-refractivity contribution in [2.75, 3.05) is 0 Å². The molecule has 0 radical (unpaired) electrons. The Morgan fingerprint density at radius 2 is 0.506 bits per heavy atom. The molecule has 0 atom stereocenters. The fourth-order valence-corrected chi connectivity index (χ4v) is 29.3. The van der Waals surface area contributed by atoms with Crippen LogP contribution < -0.4 is 5.19 Å². The largest absolute Gasteiger partial charge is 0.508 e. The molecule has 4 aromatic rings. The summed E-state index contributed by atoms with van der Waals surface area (Å²) in [6.07, 6.45) is 3.27. The molecule has 0 saturated carbocycles. The summed E-state index contributed by atoms with van der Waals surface area (Å²) in [6, 6.07) is 21.1. The zero-order chi connectivity index (χ0) is 70.6. The van der Waals surface area contributed by atoms with Crippen LogP contribution in [0.4, 0.5) is 0 Å². The van der Waals surface area contributed by atoms with E-state index in [0.29, 0.717) is 17.2 Å². The Morgan fingerprint density at radius 3 is 0.708 bits per heavy atom. The standard InChI is InChI=1S/C32H60OSi.C28H44OSi.C23H42OSi/c1-27(2,3)23-21-24(33)26(29(7,8)9)25(28(4,5)6)22(23)19-20-34(30(10,11)12,31(13,14)15)32(16,17)18;1-26(2,3)22-19-23(29)25(28(7,8)9)24(27(4,5)6)21(22)17-18-30(10,11)20-15-13-12-14-16-20;1-21(2,3)17-15-18(24)20(23(7,8)9)19(22(4,5)6)16(17)13-14-25(10,11)12/h21,33H,19-20H2,1-18H3;12-16,19,29H,17-18H2,1-11H3;15,24H,13-14H2,1-12H3. The van der Waals surface area contributed by atoms with E-state index < -0.39 is 24.2 Å². The van der Waals surface area contributed by atoms with Crippen LogP contribution in [0.2, 0.25) is 66.0 Å². The summed E-state index contributed by atoms with van der Waals surface area (Å²) in [5.41, 5.74) is 15.5. The first-order valence-electron chi connectivity index (χ1n) is 34.7. The van der Waals surface area contributed by atoms with E-state index in [1.165, 1.54) is 73.4 Å². The van der Waals surface area contributed by atoms with Gasteiger partial charge in [0, 0.05) is 24.8 Å². The maximum atomic E-state index is 11.4. The van der Waals surface area contributed by atoms with E-state index in [1.54, 1.807) is 0 Å². The highest BCUT2D eigenvalue weighted by molar-refractivity contribution is 6.89. The van der Waals surface area contributed by atoms with Crippen molar-refractivity contribution in [2.45, 2.75) is 383 Å². The average molecular weight is 1280 g/mol. The Kier molecular flexibility index (Phi) is 24.9. The van der Waals surface area contributed by atoms with Gasteiger partial charge in [-0.05, 0) is 157 Å². The van der Waals surface area contributed by atoms with Gasteiger partial charge in [-0.1, -0.05) is 330 Å². The second-order valence-electron chi connectivity index (χ2n) is 41.7. The lowest BCUT2D eigenvalue weighted by molar-refractivity contribution is 0.428. The molecule has 4 rings (SSSR count). The minimum absolute atomic E-state index is 0.0100. The summed E-state index contributed by atoms with van der Waals surface area (Å²) < 4.78 is 0. The quantitative estimate of drug-likeness (QED) is 0.139. The maximum Gasteiger partial charge on any atom is 0.119 e. The van der Waals surface area contributed by atoms with Crippen LogP contribution in [0.5, 0.6) is 17.2 Å². The summed E-state index contributed by atoms with van der Waals surface area (Å²) >= 11 is 0. The number of phenolic OH excluding ortho intramolecular Hbond substituents is 3. The molecule has 0 spiro atoms. The van der Waals surface area contributed by atoms with Crippen molar-refractivity contribution in [2.24, 2.45) is 0 Å². The minimum atomic E-state index is -1.89. The molecule has 3 nitrogen and oxygen atoms in total. The van der Waals surface area contributed by atoms with Crippen molar-refractivity contribution in [3.05, 3.63) is 115 Å². The summed E-state index contributed by atoms with van der Waals surface area (Å²) in [6.45, 7) is 96.2. The molecule has 3 N–H and O–H groups in total. The molecular weight excluding hydrogens is 1130 g/mol. The first-order chi connectivity index (χ1) is 38.9. The van der Waals surface area contributed by atoms with E-state index in [4.69, 9.17) is 0 Å². The SMILES string of the molecule is CC(C)(C)c1cc(O)c(C(C)(C)C)c(C(C)(C)C)c1CC[Si](C(C)(C)C)(C(C)(C)C)C(C)(C)C.CC(C)(C)c1cc(O)c(C(C)(C)C)c(C(C)(C)C)c1CC[Si](C)(C)C.CC(C)(C)c1cc(O)c(C(C)(C)C)c(C(C)(C)C)c1CC[Si](C)(C)c1ccccc1. The third-order valence-electron chi connectivity index (χ3n) is 19.4. The van der Waals surface area contributed by atoms with Crippen molar-refractivity contribution in [1.82, 2.24) is 0 Å². The van der Waals surface area contributed by atoms with Crippen molar-refractivity contribution < 1.29 is 15.3 Å². The second-order valence-corrected chi connectivity index (χ2v) is 59.0. The van der Waals surface area contributed by atoms with Gasteiger partial charge in [-0.2, -0.15) is 0 Å². The molecule has 0 amide bonds. The van der Waals surface area contributed by atoms with E-state index >= 15 is 0 Å². The molecule has 0 heterocycles. The molecule has 0 bridgehead atoms. The van der Waals surface area contributed by atoms with E-state index in [2.05, 4.69) is 331 Å². The summed E-state index contributed by atoms with van der Waals surface area (Å²) in [5, 5.41) is 35.9.